The fourth-order valence-electron chi connectivity index (χ4n) is 7.02. The molecule has 0 unspecified atom stereocenters. The summed E-state index contributed by atoms with van der Waals surface area (Å²) in [4.78, 5) is 71.5. The van der Waals surface area contributed by atoms with E-state index in [9.17, 15) is 29.1 Å². The van der Waals surface area contributed by atoms with Crippen molar-refractivity contribution in [3.63, 3.8) is 0 Å². The predicted octanol–water partition coefficient (Wildman–Crippen LogP) is 3.86. The first kappa shape index (κ1) is 34.4. The van der Waals surface area contributed by atoms with Crippen molar-refractivity contribution in [1.82, 2.24) is 25.3 Å². The van der Waals surface area contributed by atoms with Gasteiger partial charge in [0.05, 0.1) is 23.5 Å². The Kier molecular flexibility index (Phi) is 9.70. The number of ether oxygens (including phenoxy) is 1. The van der Waals surface area contributed by atoms with Crippen LogP contribution in [0.4, 0.5) is 10.5 Å². The average Bonchev–Trinajstić information content (AvgIpc) is 3.56. The first-order valence-electron chi connectivity index (χ1n) is 16.9. The SMILES string of the molecule is CC(C)(C)OC(=O)N[C@H]1CCCCC/C=C\[C@H]2C[C@@]2(C(=O)O)NC(=O)[C@@H]2C[C@H](n3ncc(N4CC=CC4)c(-c4ccsc4)c3=O)CN2C1=O. The predicted molar refractivity (Wildman–Crippen MR) is 184 cm³/mol. The molecule has 3 aliphatic heterocycles. The number of aromatic nitrogens is 2. The number of nitrogens with one attached hydrogen (secondary N) is 2. The third kappa shape index (κ3) is 7.29. The first-order valence-corrected chi connectivity index (χ1v) is 17.9. The minimum Gasteiger partial charge on any atom is -0.479 e. The number of carboxylic acid groups (broad SMARTS) is 1. The van der Waals surface area contributed by atoms with E-state index in [1.54, 1.807) is 27.0 Å². The molecule has 6 rings (SSSR count). The fraction of sp³-hybridized carbons (Fsp3) is 0.543. The van der Waals surface area contributed by atoms with Crippen LogP contribution in [0.5, 0.6) is 0 Å². The number of thiophene rings is 1. The molecule has 1 aliphatic carbocycles. The number of aliphatic carboxylic acids is 1. The highest BCUT2D eigenvalue weighted by Crippen LogP contribution is 2.45. The Labute approximate surface area is 289 Å². The standard InChI is InChI=1S/C35H44N6O7S/c1-34(2,3)48-33(47)37-25-12-8-6-4-5-7-11-23-18-35(23,32(45)46)38-29(42)26-17-24(20-40(26)30(25)43)41-31(44)28(22-13-16-49-21-22)27(19-36-41)39-14-9-10-15-39/h7,9-11,13,16,19,21,23-26H,4-6,8,12,14-15,17-18,20H2,1-3H3,(H,37,47)(H,38,42)(H,45,46)/b11-7-/t23-,24-,25-,26-,35+/m0/s1. The Morgan fingerprint density at radius 2 is 1.90 bits per heavy atom. The van der Waals surface area contributed by atoms with Crippen molar-refractivity contribution in [2.24, 2.45) is 5.92 Å². The monoisotopic (exact) mass is 692 g/mol. The number of carbonyl (C=O) groups excluding carboxylic acids is 3. The summed E-state index contributed by atoms with van der Waals surface area (Å²) in [7, 11) is 0. The van der Waals surface area contributed by atoms with Gasteiger partial charge in [-0.1, -0.05) is 37.1 Å². The van der Waals surface area contributed by atoms with Gasteiger partial charge in [-0.15, -0.1) is 0 Å². The molecule has 262 valence electrons. The van der Waals surface area contributed by atoms with Crippen molar-refractivity contribution < 1.29 is 29.0 Å². The molecule has 3 amide bonds. The van der Waals surface area contributed by atoms with Crippen molar-refractivity contribution >= 4 is 40.9 Å². The fourth-order valence-corrected chi connectivity index (χ4v) is 7.66. The van der Waals surface area contributed by atoms with Crippen molar-refractivity contribution in [2.75, 3.05) is 24.5 Å². The Balaban J connectivity index is 1.36. The van der Waals surface area contributed by atoms with Gasteiger partial charge in [-0.25, -0.2) is 14.3 Å². The minimum atomic E-state index is -1.47. The molecule has 2 aromatic heterocycles. The highest BCUT2D eigenvalue weighted by atomic mass is 32.1. The van der Waals surface area contributed by atoms with Gasteiger partial charge in [-0.2, -0.15) is 16.4 Å². The molecule has 1 saturated heterocycles. The van der Waals surface area contributed by atoms with Gasteiger partial charge in [-0.05, 0) is 63.3 Å². The Hall–Kier alpha value is -4.46. The summed E-state index contributed by atoms with van der Waals surface area (Å²) in [6, 6.07) is -0.907. The third-order valence-corrected chi connectivity index (χ3v) is 10.3. The topological polar surface area (TPSA) is 163 Å². The largest absolute Gasteiger partial charge is 0.479 e. The lowest BCUT2D eigenvalue weighted by atomic mass is 10.0. The van der Waals surface area contributed by atoms with Crippen LogP contribution in [0.25, 0.3) is 11.1 Å². The number of carboxylic acids is 1. The van der Waals surface area contributed by atoms with Crippen molar-refractivity contribution in [2.45, 2.75) is 95.0 Å². The summed E-state index contributed by atoms with van der Waals surface area (Å²) in [6.45, 7) is 6.44. The van der Waals surface area contributed by atoms with Crippen molar-refractivity contribution in [3.05, 3.63) is 57.7 Å². The molecule has 3 N–H and O–H groups in total. The van der Waals surface area contributed by atoms with Gasteiger partial charge in [0.2, 0.25) is 11.8 Å². The average molecular weight is 693 g/mol. The Morgan fingerprint density at radius 1 is 1.12 bits per heavy atom. The van der Waals surface area contributed by atoms with E-state index in [1.165, 1.54) is 20.9 Å². The van der Waals surface area contributed by atoms with Gasteiger partial charge in [0.1, 0.15) is 23.2 Å². The maximum atomic E-state index is 14.4. The second-order valence-corrected chi connectivity index (χ2v) is 15.1. The molecule has 0 radical (unpaired) electrons. The van der Waals surface area contributed by atoms with Gasteiger partial charge >= 0.3 is 12.1 Å². The quantitative estimate of drug-likeness (QED) is 0.395. The molecular formula is C35H44N6O7S. The van der Waals surface area contributed by atoms with E-state index in [-0.39, 0.29) is 30.9 Å². The Bertz CT molecular complexity index is 1710. The molecule has 0 spiro atoms. The first-order chi connectivity index (χ1) is 23.4. The summed E-state index contributed by atoms with van der Waals surface area (Å²) in [5.41, 5.74) is -0.669. The molecular weight excluding hydrogens is 648 g/mol. The van der Waals surface area contributed by atoms with Gasteiger partial charge in [0.15, 0.2) is 0 Å². The van der Waals surface area contributed by atoms with Crippen molar-refractivity contribution in [3.8, 4) is 11.1 Å². The molecule has 0 aromatic carbocycles. The van der Waals surface area contributed by atoms with E-state index in [2.05, 4.69) is 20.6 Å². The van der Waals surface area contributed by atoms with E-state index < -0.39 is 53.1 Å². The highest BCUT2D eigenvalue weighted by Gasteiger charge is 2.61. The number of fused-ring (bicyclic) bond motifs is 2. The zero-order chi connectivity index (χ0) is 34.9. The summed E-state index contributed by atoms with van der Waals surface area (Å²) in [5, 5.41) is 24.1. The smallest absolute Gasteiger partial charge is 0.408 e. The van der Waals surface area contributed by atoms with E-state index >= 15 is 0 Å². The number of allylic oxidation sites excluding steroid dienone is 1. The highest BCUT2D eigenvalue weighted by molar-refractivity contribution is 7.08. The summed E-state index contributed by atoms with van der Waals surface area (Å²) >= 11 is 1.47. The van der Waals surface area contributed by atoms with Gasteiger partial charge < -0.3 is 30.3 Å². The number of rotatable bonds is 5. The second-order valence-electron chi connectivity index (χ2n) is 14.3. The molecule has 2 aromatic rings. The van der Waals surface area contributed by atoms with Crippen LogP contribution in [0.1, 0.15) is 71.8 Å². The number of amides is 3. The Morgan fingerprint density at radius 3 is 2.59 bits per heavy atom. The van der Waals surface area contributed by atoms with Crippen LogP contribution in [0.15, 0.2) is 52.1 Å². The molecule has 49 heavy (non-hydrogen) atoms. The second kappa shape index (κ2) is 13.8. The molecule has 1 saturated carbocycles. The third-order valence-electron chi connectivity index (χ3n) is 9.63. The van der Waals surface area contributed by atoms with Crippen LogP contribution >= 0.6 is 11.3 Å². The van der Waals surface area contributed by atoms with Crippen LogP contribution in [-0.2, 0) is 19.1 Å². The van der Waals surface area contributed by atoms with E-state index in [4.69, 9.17) is 4.74 Å². The van der Waals surface area contributed by atoms with E-state index in [1.807, 2.05) is 41.1 Å². The lowest BCUT2D eigenvalue weighted by Crippen LogP contribution is -2.56. The van der Waals surface area contributed by atoms with Gasteiger partial charge in [0, 0.05) is 37.5 Å². The van der Waals surface area contributed by atoms with Crippen LogP contribution in [0, 0.1) is 5.92 Å². The van der Waals surface area contributed by atoms with Crippen LogP contribution < -0.4 is 21.1 Å². The molecule has 4 aliphatic rings. The number of alkyl carbamates (subject to hydrolysis) is 1. The summed E-state index contributed by atoms with van der Waals surface area (Å²) in [6.07, 6.45) is 12.3. The maximum absolute atomic E-state index is 14.4. The van der Waals surface area contributed by atoms with Crippen LogP contribution in [-0.4, -0.2) is 86.5 Å². The molecule has 13 nitrogen and oxygen atoms in total. The van der Waals surface area contributed by atoms with Gasteiger partial charge in [-0.3, -0.25) is 14.4 Å². The normalized spacial score (nSPS) is 28.1. The van der Waals surface area contributed by atoms with E-state index in [0.29, 0.717) is 37.2 Å². The molecule has 2 fully saturated rings. The zero-order valence-electron chi connectivity index (χ0n) is 28.1. The summed E-state index contributed by atoms with van der Waals surface area (Å²) < 4.78 is 6.82. The lowest BCUT2D eigenvalue weighted by molar-refractivity contribution is -0.145. The number of carbonyl (C=O) groups is 4. The van der Waals surface area contributed by atoms with E-state index in [0.717, 1.165) is 24.8 Å². The molecule has 0 bridgehead atoms. The molecule has 14 heteroatoms. The maximum Gasteiger partial charge on any atom is 0.408 e. The molecule has 5 heterocycles. The van der Waals surface area contributed by atoms with Crippen molar-refractivity contribution in [1.29, 1.82) is 0 Å². The van der Waals surface area contributed by atoms with Gasteiger partial charge in [0.25, 0.3) is 5.56 Å². The van der Waals surface area contributed by atoms with Crippen LogP contribution in [0.2, 0.25) is 0 Å². The minimum absolute atomic E-state index is 0.0343. The number of nitrogens with zero attached hydrogens (tertiary/aromatic N) is 4. The number of anilines is 1. The zero-order valence-corrected chi connectivity index (χ0v) is 28.9. The number of hydrogen-bond donors (Lipinski definition) is 3. The summed E-state index contributed by atoms with van der Waals surface area (Å²) in [5.74, 6) is -2.62. The number of hydrogen-bond acceptors (Lipinski definition) is 9. The van der Waals surface area contributed by atoms with Crippen LogP contribution in [0.3, 0.4) is 0 Å². The molecule has 5 atom stereocenters. The lowest BCUT2D eigenvalue weighted by Gasteiger charge is -2.30.